The molecule has 0 saturated heterocycles. The van der Waals surface area contributed by atoms with E-state index in [9.17, 15) is 4.79 Å². The summed E-state index contributed by atoms with van der Waals surface area (Å²) in [6, 6.07) is 1.95. The third-order valence-electron chi connectivity index (χ3n) is 2.60. The molecule has 0 bridgehead atoms. The smallest absolute Gasteiger partial charge is 0.253 e. The molecule has 0 aliphatic rings. The third-order valence-corrected chi connectivity index (χ3v) is 3.55. The Morgan fingerprint density at radius 3 is 2.89 bits per heavy atom. The molecule has 6 nitrogen and oxygen atoms in total. The Morgan fingerprint density at radius 1 is 1.47 bits per heavy atom. The predicted molar refractivity (Wildman–Crippen MR) is 74.3 cm³/mol. The molecule has 2 rings (SSSR count). The summed E-state index contributed by atoms with van der Waals surface area (Å²) >= 11 is 1.34. The van der Waals surface area contributed by atoms with Crippen molar-refractivity contribution in [1.82, 2.24) is 24.9 Å². The van der Waals surface area contributed by atoms with Gasteiger partial charge in [-0.1, -0.05) is 11.8 Å². The van der Waals surface area contributed by atoms with Crippen molar-refractivity contribution in [2.24, 2.45) is 0 Å². The first-order valence-corrected chi connectivity index (χ1v) is 7.04. The van der Waals surface area contributed by atoms with Gasteiger partial charge < -0.3 is 5.32 Å². The predicted octanol–water partition coefficient (Wildman–Crippen LogP) is 1.36. The Balaban J connectivity index is 2.22. The van der Waals surface area contributed by atoms with Crippen LogP contribution < -0.4 is 5.32 Å². The maximum Gasteiger partial charge on any atom is 0.253 e. The minimum absolute atomic E-state index is 0.00721. The van der Waals surface area contributed by atoms with Gasteiger partial charge in [0.2, 0.25) is 11.1 Å². The van der Waals surface area contributed by atoms with Crippen LogP contribution in [0.1, 0.15) is 25.2 Å². The first-order chi connectivity index (χ1) is 9.01. The lowest BCUT2D eigenvalue weighted by atomic mass is 10.4. The second kappa shape index (κ2) is 5.56. The molecule has 2 aromatic rings. The summed E-state index contributed by atoms with van der Waals surface area (Å²) in [7, 11) is 0. The maximum atomic E-state index is 11.7. The van der Waals surface area contributed by atoms with Gasteiger partial charge in [-0.2, -0.15) is 4.98 Å². The lowest BCUT2D eigenvalue weighted by molar-refractivity contribution is -0.120. The molecule has 1 atom stereocenters. The van der Waals surface area contributed by atoms with E-state index < -0.39 is 0 Å². The topological polar surface area (TPSA) is 72.2 Å². The number of carbonyl (C=O) groups excluding carboxylic acids is 1. The van der Waals surface area contributed by atoms with E-state index in [0.717, 1.165) is 11.4 Å². The maximum absolute atomic E-state index is 11.7. The van der Waals surface area contributed by atoms with Crippen LogP contribution in [0.4, 0.5) is 0 Å². The molecule has 0 unspecified atom stereocenters. The van der Waals surface area contributed by atoms with Crippen LogP contribution in [0.15, 0.2) is 11.2 Å². The zero-order chi connectivity index (χ0) is 14.0. The molecule has 2 heterocycles. The largest absolute Gasteiger partial charge is 0.355 e. The summed E-state index contributed by atoms with van der Waals surface area (Å²) in [5.74, 6) is 0.565. The Labute approximate surface area is 116 Å². The van der Waals surface area contributed by atoms with Gasteiger partial charge in [0, 0.05) is 17.9 Å². The molecule has 0 spiro atoms. The summed E-state index contributed by atoms with van der Waals surface area (Å²) in [5.41, 5.74) is 1.89. The minimum atomic E-state index is -0.223. The molecule has 19 heavy (non-hydrogen) atoms. The monoisotopic (exact) mass is 279 g/mol. The number of nitrogens with zero attached hydrogens (tertiary/aromatic N) is 4. The SMILES string of the molecule is CCNC(=O)[C@@H](C)Sc1nc2nc(C)cc(C)n2n1. The lowest BCUT2D eigenvalue weighted by Gasteiger charge is -2.07. The highest BCUT2D eigenvalue weighted by Gasteiger charge is 2.17. The van der Waals surface area contributed by atoms with E-state index in [2.05, 4.69) is 20.4 Å². The molecular formula is C12H17N5OS. The van der Waals surface area contributed by atoms with E-state index in [-0.39, 0.29) is 11.2 Å². The first-order valence-electron chi connectivity index (χ1n) is 6.16. The van der Waals surface area contributed by atoms with Crippen molar-refractivity contribution in [2.45, 2.75) is 38.1 Å². The van der Waals surface area contributed by atoms with E-state index in [0.29, 0.717) is 17.5 Å². The molecule has 1 N–H and O–H groups in total. The van der Waals surface area contributed by atoms with Crippen molar-refractivity contribution in [3.63, 3.8) is 0 Å². The number of thioether (sulfide) groups is 1. The fourth-order valence-corrected chi connectivity index (χ4v) is 2.50. The van der Waals surface area contributed by atoms with Gasteiger partial charge in [0.1, 0.15) is 0 Å². The zero-order valence-electron chi connectivity index (χ0n) is 11.5. The van der Waals surface area contributed by atoms with Crippen LogP contribution in [0.2, 0.25) is 0 Å². The molecule has 2 aromatic heterocycles. The van der Waals surface area contributed by atoms with Crippen molar-refractivity contribution in [1.29, 1.82) is 0 Å². The number of rotatable bonds is 4. The van der Waals surface area contributed by atoms with Gasteiger partial charge in [-0.05, 0) is 33.8 Å². The minimum Gasteiger partial charge on any atom is -0.355 e. The quantitative estimate of drug-likeness (QED) is 0.856. The average molecular weight is 279 g/mol. The average Bonchev–Trinajstić information content (AvgIpc) is 2.72. The van der Waals surface area contributed by atoms with Crippen LogP contribution in [-0.4, -0.2) is 37.3 Å². The van der Waals surface area contributed by atoms with Crippen molar-refractivity contribution < 1.29 is 4.79 Å². The molecule has 0 aromatic carbocycles. The summed E-state index contributed by atoms with van der Waals surface area (Å²) in [4.78, 5) is 20.3. The number of amides is 1. The number of carbonyl (C=O) groups is 1. The lowest BCUT2D eigenvalue weighted by Crippen LogP contribution is -2.30. The highest BCUT2D eigenvalue weighted by Crippen LogP contribution is 2.20. The van der Waals surface area contributed by atoms with Crippen LogP contribution in [0, 0.1) is 13.8 Å². The van der Waals surface area contributed by atoms with Gasteiger partial charge >= 0.3 is 0 Å². The molecule has 7 heteroatoms. The Kier molecular flexibility index (Phi) is 4.04. The number of hydrogen-bond acceptors (Lipinski definition) is 5. The fraction of sp³-hybridized carbons (Fsp3) is 0.500. The molecule has 0 fully saturated rings. The standard InChI is InChI=1S/C12H17N5OS/c1-5-13-10(18)9(4)19-12-15-11-14-7(2)6-8(3)17(11)16-12/h6,9H,5H2,1-4H3,(H,13,18)/t9-/m1/s1. The summed E-state index contributed by atoms with van der Waals surface area (Å²) in [6.45, 7) is 8.24. The Bertz CT molecular complexity index is 609. The third kappa shape index (κ3) is 3.04. The van der Waals surface area contributed by atoms with E-state index >= 15 is 0 Å². The van der Waals surface area contributed by atoms with Crippen LogP contribution in [-0.2, 0) is 4.79 Å². The van der Waals surface area contributed by atoms with Crippen LogP contribution in [0.25, 0.3) is 5.78 Å². The van der Waals surface area contributed by atoms with E-state index in [1.165, 1.54) is 11.8 Å². The summed E-state index contributed by atoms with van der Waals surface area (Å²) in [6.07, 6.45) is 0. The van der Waals surface area contributed by atoms with Gasteiger partial charge in [0.25, 0.3) is 5.78 Å². The normalized spacial score (nSPS) is 12.6. The molecule has 102 valence electrons. The molecular weight excluding hydrogens is 262 g/mol. The number of aryl methyl sites for hydroxylation is 2. The van der Waals surface area contributed by atoms with E-state index in [1.54, 1.807) is 4.52 Å². The molecule has 0 aliphatic heterocycles. The van der Waals surface area contributed by atoms with Crippen molar-refractivity contribution >= 4 is 23.4 Å². The molecule has 0 aliphatic carbocycles. The Morgan fingerprint density at radius 2 is 2.21 bits per heavy atom. The summed E-state index contributed by atoms with van der Waals surface area (Å²) < 4.78 is 1.69. The second-order valence-electron chi connectivity index (χ2n) is 4.30. The van der Waals surface area contributed by atoms with Gasteiger partial charge in [-0.15, -0.1) is 5.10 Å². The van der Waals surface area contributed by atoms with Gasteiger partial charge in [0.15, 0.2) is 0 Å². The highest BCUT2D eigenvalue weighted by atomic mass is 32.2. The van der Waals surface area contributed by atoms with Gasteiger partial charge in [-0.25, -0.2) is 9.50 Å². The second-order valence-corrected chi connectivity index (χ2v) is 5.61. The molecule has 0 saturated carbocycles. The first kappa shape index (κ1) is 13.8. The molecule has 0 radical (unpaired) electrons. The molecule has 1 amide bonds. The van der Waals surface area contributed by atoms with Crippen LogP contribution in [0.3, 0.4) is 0 Å². The number of aromatic nitrogens is 4. The zero-order valence-corrected chi connectivity index (χ0v) is 12.3. The van der Waals surface area contributed by atoms with Crippen LogP contribution in [0.5, 0.6) is 0 Å². The van der Waals surface area contributed by atoms with Crippen molar-refractivity contribution in [3.05, 3.63) is 17.5 Å². The summed E-state index contributed by atoms with van der Waals surface area (Å²) in [5, 5.41) is 7.49. The number of fused-ring (bicyclic) bond motifs is 1. The van der Waals surface area contributed by atoms with Crippen molar-refractivity contribution in [3.8, 4) is 0 Å². The van der Waals surface area contributed by atoms with Crippen LogP contribution >= 0.6 is 11.8 Å². The van der Waals surface area contributed by atoms with Gasteiger partial charge in [0.05, 0.1) is 5.25 Å². The number of nitrogens with one attached hydrogen (secondary N) is 1. The van der Waals surface area contributed by atoms with E-state index in [1.807, 2.05) is 33.8 Å². The van der Waals surface area contributed by atoms with Crippen molar-refractivity contribution in [2.75, 3.05) is 6.54 Å². The number of hydrogen-bond donors (Lipinski definition) is 1. The van der Waals surface area contributed by atoms with Gasteiger partial charge in [-0.3, -0.25) is 4.79 Å². The highest BCUT2D eigenvalue weighted by molar-refractivity contribution is 8.00. The Hall–Kier alpha value is -1.63. The van der Waals surface area contributed by atoms with E-state index in [4.69, 9.17) is 0 Å². The fourth-order valence-electron chi connectivity index (χ4n) is 1.73.